The van der Waals surface area contributed by atoms with Crippen molar-refractivity contribution in [2.75, 3.05) is 54.0 Å². The third kappa shape index (κ3) is 7.83. The lowest BCUT2D eigenvalue weighted by atomic mass is 9.81. The van der Waals surface area contributed by atoms with Crippen LogP contribution in [0.25, 0.3) is 0 Å². The first kappa shape index (κ1) is 31.6. The van der Waals surface area contributed by atoms with E-state index in [0.717, 1.165) is 77.8 Å². The lowest BCUT2D eigenvalue weighted by Crippen LogP contribution is -2.30. The van der Waals surface area contributed by atoms with Crippen LogP contribution < -0.4 is 14.7 Å². The Morgan fingerprint density at radius 2 is 0.600 bits per heavy atom. The summed E-state index contributed by atoms with van der Waals surface area (Å²) in [4.78, 5) is 7.81. The van der Waals surface area contributed by atoms with Crippen LogP contribution in [0.1, 0.15) is 96.8 Å². The molecule has 3 rings (SSSR count). The molecule has 40 heavy (non-hydrogen) atoms. The second kappa shape index (κ2) is 17.0. The van der Waals surface area contributed by atoms with E-state index in [1.807, 2.05) is 0 Å². The molecule has 0 aromatic heterocycles. The van der Waals surface area contributed by atoms with Gasteiger partial charge in [-0.05, 0) is 73.4 Å². The van der Waals surface area contributed by atoms with Crippen LogP contribution in [0, 0.1) is 5.92 Å². The van der Waals surface area contributed by atoms with Crippen LogP contribution in [0.15, 0.2) is 72.8 Å². The van der Waals surface area contributed by atoms with Gasteiger partial charge in [0, 0.05) is 56.3 Å². The molecule has 0 fully saturated rings. The average molecular weight is 541 g/mol. The summed E-state index contributed by atoms with van der Waals surface area (Å²) in [5.74, 6) is 1.36. The summed E-state index contributed by atoms with van der Waals surface area (Å²) in [5.41, 5.74) is 8.06. The Morgan fingerprint density at radius 1 is 0.375 bits per heavy atom. The lowest BCUT2D eigenvalue weighted by Gasteiger charge is -2.35. The van der Waals surface area contributed by atoms with Gasteiger partial charge in [0.2, 0.25) is 0 Å². The van der Waals surface area contributed by atoms with Crippen molar-refractivity contribution in [3.05, 3.63) is 95.4 Å². The first-order chi connectivity index (χ1) is 19.6. The van der Waals surface area contributed by atoms with Gasteiger partial charge in [-0.2, -0.15) is 0 Å². The summed E-state index contributed by atoms with van der Waals surface area (Å²) in [5, 5.41) is 0. The highest BCUT2D eigenvalue weighted by molar-refractivity contribution is 5.78. The highest BCUT2D eigenvalue weighted by Crippen LogP contribution is 2.44. The number of rotatable bonds is 18. The molecule has 3 heteroatoms. The van der Waals surface area contributed by atoms with E-state index in [-0.39, 0.29) is 0 Å². The molecule has 0 atom stereocenters. The monoisotopic (exact) mass is 540 g/mol. The number of nitrogens with zero attached hydrogens (tertiary/aromatic N) is 3. The Kier molecular flexibility index (Phi) is 13.4. The number of para-hydroxylation sites is 3. The molecule has 1 radical (unpaired) electrons. The van der Waals surface area contributed by atoms with Gasteiger partial charge in [-0.25, -0.2) is 0 Å². The van der Waals surface area contributed by atoms with Crippen molar-refractivity contribution in [3.63, 3.8) is 0 Å². The van der Waals surface area contributed by atoms with Crippen molar-refractivity contribution in [3.8, 4) is 0 Å². The largest absolute Gasteiger partial charge is 0.371 e. The minimum Gasteiger partial charge on any atom is -0.371 e. The molecule has 0 N–H and O–H groups in total. The zero-order valence-corrected chi connectivity index (χ0v) is 26.3. The molecular weight excluding hydrogens is 486 g/mol. The maximum Gasteiger partial charge on any atom is 0.0692 e. The van der Waals surface area contributed by atoms with Crippen molar-refractivity contribution in [2.24, 2.45) is 0 Å². The Labute approximate surface area is 246 Å². The molecule has 0 amide bonds. The zero-order chi connectivity index (χ0) is 28.7. The van der Waals surface area contributed by atoms with Crippen LogP contribution in [0.4, 0.5) is 17.1 Å². The minimum atomic E-state index is 1.07. The first-order valence-electron chi connectivity index (χ1n) is 16.0. The normalized spacial score (nSPS) is 11.2. The molecule has 0 aliphatic heterocycles. The predicted molar refractivity (Wildman–Crippen MR) is 178 cm³/mol. The van der Waals surface area contributed by atoms with E-state index in [4.69, 9.17) is 0 Å². The Morgan fingerprint density at radius 3 is 0.825 bits per heavy atom. The van der Waals surface area contributed by atoms with Gasteiger partial charge in [0.05, 0.1) is 5.92 Å². The Hall–Kier alpha value is -2.94. The molecule has 0 saturated carbocycles. The van der Waals surface area contributed by atoms with Crippen LogP contribution in [0.3, 0.4) is 0 Å². The molecule has 0 unspecified atom stereocenters. The lowest BCUT2D eigenvalue weighted by molar-refractivity contribution is 0.736. The molecule has 0 heterocycles. The first-order valence-corrected chi connectivity index (χ1v) is 16.0. The third-order valence-corrected chi connectivity index (χ3v) is 7.50. The molecule has 0 aliphatic rings. The van der Waals surface area contributed by atoms with Crippen molar-refractivity contribution in [1.29, 1.82) is 0 Å². The second-order valence-corrected chi connectivity index (χ2v) is 10.9. The van der Waals surface area contributed by atoms with Gasteiger partial charge in [0.15, 0.2) is 0 Å². The SMILES string of the molecule is CCCN(CCC)c1ccccc1[C](c1ccccc1N(CCC)CCC)c1ccccc1N(CCC)CCC. The fraction of sp³-hybridized carbons (Fsp3) is 0.486. The number of hydrogen-bond donors (Lipinski definition) is 0. The van der Waals surface area contributed by atoms with Crippen LogP contribution in [0.5, 0.6) is 0 Å². The predicted octanol–water partition coefficient (Wildman–Crippen LogP) is 9.58. The molecule has 0 aliphatic carbocycles. The molecule has 217 valence electrons. The maximum absolute atomic E-state index is 2.60. The molecule has 0 bridgehead atoms. The van der Waals surface area contributed by atoms with Gasteiger partial charge >= 0.3 is 0 Å². The van der Waals surface area contributed by atoms with Crippen molar-refractivity contribution < 1.29 is 0 Å². The second-order valence-electron chi connectivity index (χ2n) is 10.9. The van der Waals surface area contributed by atoms with Gasteiger partial charge in [-0.3, -0.25) is 0 Å². The Balaban J connectivity index is 2.36. The molecule has 0 saturated heterocycles. The smallest absolute Gasteiger partial charge is 0.0692 e. The number of benzene rings is 3. The molecular formula is C37H54N3. The quantitative estimate of drug-likeness (QED) is 0.149. The number of anilines is 3. The van der Waals surface area contributed by atoms with E-state index >= 15 is 0 Å². The maximum atomic E-state index is 2.60. The fourth-order valence-corrected chi connectivity index (χ4v) is 6.00. The summed E-state index contributed by atoms with van der Waals surface area (Å²) >= 11 is 0. The van der Waals surface area contributed by atoms with E-state index < -0.39 is 0 Å². The van der Waals surface area contributed by atoms with E-state index in [9.17, 15) is 0 Å². The fourth-order valence-electron chi connectivity index (χ4n) is 6.00. The minimum absolute atomic E-state index is 1.07. The van der Waals surface area contributed by atoms with E-state index in [0.29, 0.717) is 0 Å². The van der Waals surface area contributed by atoms with Crippen molar-refractivity contribution in [2.45, 2.75) is 80.1 Å². The molecule has 3 aromatic rings. The standard InChI is InChI=1S/C37H54N3/c1-7-25-38(26-8-2)34-22-16-13-19-31(34)37(32-20-14-17-23-35(32)39(27-9-3)28-10-4)33-21-15-18-24-36(33)40(29-11-5)30-12-6/h13-24H,7-12,25-30H2,1-6H3. The van der Waals surface area contributed by atoms with Crippen LogP contribution in [-0.4, -0.2) is 39.3 Å². The summed E-state index contributed by atoms with van der Waals surface area (Å²) in [6, 6.07) is 27.5. The van der Waals surface area contributed by atoms with Crippen LogP contribution >= 0.6 is 0 Å². The van der Waals surface area contributed by atoms with Gasteiger partial charge < -0.3 is 14.7 Å². The highest BCUT2D eigenvalue weighted by atomic mass is 15.1. The van der Waals surface area contributed by atoms with Gasteiger partial charge in [0.25, 0.3) is 0 Å². The average Bonchev–Trinajstić information content (AvgIpc) is 2.98. The highest BCUT2D eigenvalue weighted by Gasteiger charge is 2.29. The third-order valence-electron chi connectivity index (χ3n) is 7.50. The molecule has 3 nitrogen and oxygen atoms in total. The van der Waals surface area contributed by atoms with Crippen molar-refractivity contribution in [1.82, 2.24) is 0 Å². The summed E-state index contributed by atoms with van der Waals surface area (Å²) in [7, 11) is 0. The topological polar surface area (TPSA) is 9.72 Å². The van der Waals surface area contributed by atoms with Crippen LogP contribution in [-0.2, 0) is 0 Å². The van der Waals surface area contributed by atoms with Gasteiger partial charge in [-0.15, -0.1) is 0 Å². The number of hydrogen-bond acceptors (Lipinski definition) is 3. The molecule has 3 aromatic carbocycles. The zero-order valence-electron chi connectivity index (χ0n) is 26.3. The summed E-state index contributed by atoms with van der Waals surface area (Å²) in [6.45, 7) is 20.2. The molecule has 0 spiro atoms. The van der Waals surface area contributed by atoms with Gasteiger partial charge in [0.1, 0.15) is 0 Å². The van der Waals surface area contributed by atoms with E-state index in [1.54, 1.807) is 0 Å². The van der Waals surface area contributed by atoms with E-state index in [1.165, 1.54) is 39.7 Å². The van der Waals surface area contributed by atoms with Crippen molar-refractivity contribution >= 4 is 17.1 Å². The van der Waals surface area contributed by atoms with E-state index in [2.05, 4.69) is 129 Å². The Bertz CT molecular complexity index is 964. The van der Waals surface area contributed by atoms with Gasteiger partial charge in [-0.1, -0.05) is 96.1 Å². The summed E-state index contributed by atoms with van der Waals surface area (Å²) in [6.07, 6.45) is 6.82. The van der Waals surface area contributed by atoms with Crippen LogP contribution in [0.2, 0.25) is 0 Å². The summed E-state index contributed by atoms with van der Waals surface area (Å²) < 4.78 is 0.